The van der Waals surface area contributed by atoms with Crippen LogP contribution in [-0.4, -0.2) is 16.4 Å². The molecule has 0 atom stereocenters. The second-order valence-corrected chi connectivity index (χ2v) is 2.83. The van der Waals surface area contributed by atoms with Crippen molar-refractivity contribution in [2.75, 3.05) is 5.33 Å². The normalized spacial score (nSPS) is 9.40. The average Bonchev–Trinajstić information content (AvgIpc) is 1.98. The zero-order valence-corrected chi connectivity index (χ0v) is 7.35. The number of alkyl halides is 1. The van der Waals surface area contributed by atoms with Gasteiger partial charge in [0.1, 0.15) is 0 Å². The number of carbonyl (C=O) groups excluding carboxylic acids is 1. The lowest BCUT2D eigenvalue weighted by Crippen LogP contribution is -2.17. The molecule has 0 saturated heterocycles. The summed E-state index contributed by atoms with van der Waals surface area (Å²) < 4.78 is 0. The van der Waals surface area contributed by atoms with E-state index in [9.17, 15) is 4.79 Å². The molecule has 0 bridgehead atoms. The molecule has 2 N–H and O–H groups in total. The fourth-order valence-corrected chi connectivity index (χ4v) is 1.01. The first-order valence-electron chi connectivity index (χ1n) is 3.30. The lowest BCUT2D eigenvalue weighted by atomic mass is 10.2. The predicted octanol–water partition coefficient (Wildman–Crippen LogP) is 1.45. The molecule has 0 unspecified atom stereocenters. The maximum absolute atomic E-state index is 10.4. The highest BCUT2D eigenvalue weighted by Gasteiger charge is 1.96. The van der Waals surface area contributed by atoms with E-state index in [-0.39, 0.29) is 5.91 Å². The van der Waals surface area contributed by atoms with Gasteiger partial charge in [0.15, 0.2) is 0 Å². The Kier molecular flexibility index (Phi) is 6.96. The van der Waals surface area contributed by atoms with E-state index < -0.39 is 0 Å². The van der Waals surface area contributed by atoms with Gasteiger partial charge in [-0.25, -0.2) is 5.48 Å². The molecular weight excluding hydrogens is 198 g/mol. The summed E-state index contributed by atoms with van der Waals surface area (Å²) in [6.45, 7) is 0. The van der Waals surface area contributed by atoms with Gasteiger partial charge in [-0.1, -0.05) is 22.4 Å². The Morgan fingerprint density at radius 2 is 2.10 bits per heavy atom. The lowest BCUT2D eigenvalue weighted by molar-refractivity contribution is -0.129. The van der Waals surface area contributed by atoms with E-state index >= 15 is 0 Å². The zero-order valence-electron chi connectivity index (χ0n) is 5.77. The van der Waals surface area contributed by atoms with Gasteiger partial charge in [-0.2, -0.15) is 0 Å². The molecule has 0 aromatic heterocycles. The van der Waals surface area contributed by atoms with Gasteiger partial charge in [-0.3, -0.25) is 10.0 Å². The van der Waals surface area contributed by atoms with Gasteiger partial charge in [0.25, 0.3) is 0 Å². The highest BCUT2D eigenvalue weighted by Crippen LogP contribution is 2.01. The number of unbranched alkanes of at least 4 members (excludes halogenated alkanes) is 2. The van der Waals surface area contributed by atoms with Crippen LogP contribution in [0.25, 0.3) is 0 Å². The Bertz CT molecular complexity index is 97.7. The molecule has 0 heterocycles. The van der Waals surface area contributed by atoms with Gasteiger partial charge in [0, 0.05) is 11.8 Å². The zero-order chi connectivity index (χ0) is 7.82. The fourth-order valence-electron chi connectivity index (χ4n) is 0.613. The van der Waals surface area contributed by atoms with Crippen LogP contribution in [0, 0.1) is 0 Å². The summed E-state index contributed by atoms with van der Waals surface area (Å²) in [7, 11) is 0. The number of hydrogen-bond acceptors (Lipinski definition) is 2. The van der Waals surface area contributed by atoms with Crippen molar-refractivity contribution in [3.05, 3.63) is 0 Å². The molecule has 3 nitrogen and oxygen atoms in total. The molecular formula is C6H12BrNO2. The second-order valence-electron chi connectivity index (χ2n) is 2.03. The van der Waals surface area contributed by atoms with Crippen molar-refractivity contribution in [1.82, 2.24) is 5.48 Å². The van der Waals surface area contributed by atoms with Crippen molar-refractivity contribution in [2.24, 2.45) is 0 Å². The fraction of sp³-hybridized carbons (Fsp3) is 0.833. The Hall–Kier alpha value is -0.0900. The molecule has 0 aromatic carbocycles. The molecule has 1 amide bonds. The van der Waals surface area contributed by atoms with Crippen molar-refractivity contribution in [1.29, 1.82) is 0 Å². The molecule has 0 radical (unpaired) electrons. The molecule has 0 saturated carbocycles. The van der Waals surface area contributed by atoms with Gasteiger partial charge >= 0.3 is 0 Å². The van der Waals surface area contributed by atoms with Gasteiger partial charge in [0.2, 0.25) is 5.91 Å². The molecule has 10 heavy (non-hydrogen) atoms. The van der Waals surface area contributed by atoms with Crippen molar-refractivity contribution in [3.63, 3.8) is 0 Å². The number of amides is 1. The Balaban J connectivity index is 2.96. The number of nitrogens with one attached hydrogen (secondary N) is 1. The molecule has 4 heteroatoms. The minimum absolute atomic E-state index is 0.297. The van der Waals surface area contributed by atoms with Crippen LogP contribution in [0.1, 0.15) is 25.7 Å². The maximum Gasteiger partial charge on any atom is 0.243 e. The van der Waals surface area contributed by atoms with Gasteiger partial charge in [-0.15, -0.1) is 0 Å². The monoisotopic (exact) mass is 209 g/mol. The number of hydrogen-bond donors (Lipinski definition) is 2. The third-order valence-electron chi connectivity index (χ3n) is 1.16. The van der Waals surface area contributed by atoms with Gasteiger partial charge in [0.05, 0.1) is 0 Å². The first-order chi connectivity index (χ1) is 4.81. The lowest BCUT2D eigenvalue weighted by Gasteiger charge is -1.96. The SMILES string of the molecule is O=C(CCCCCBr)NO. The predicted molar refractivity (Wildman–Crippen MR) is 42.2 cm³/mol. The third kappa shape index (κ3) is 6.04. The number of rotatable bonds is 5. The van der Waals surface area contributed by atoms with Crippen LogP contribution in [0.3, 0.4) is 0 Å². The largest absolute Gasteiger partial charge is 0.289 e. The molecule has 0 fully saturated rings. The Labute approximate surface area is 68.9 Å². The molecule has 0 spiro atoms. The van der Waals surface area contributed by atoms with E-state index in [2.05, 4.69) is 15.9 Å². The molecule has 0 aliphatic rings. The third-order valence-corrected chi connectivity index (χ3v) is 1.72. The number of hydroxylamine groups is 1. The summed E-state index contributed by atoms with van der Waals surface area (Å²) >= 11 is 3.28. The van der Waals surface area contributed by atoms with E-state index in [1.165, 1.54) is 0 Å². The highest BCUT2D eigenvalue weighted by molar-refractivity contribution is 9.09. The van der Waals surface area contributed by atoms with Gasteiger partial charge < -0.3 is 0 Å². The van der Waals surface area contributed by atoms with Crippen LogP contribution in [0.2, 0.25) is 0 Å². The van der Waals surface area contributed by atoms with Crippen molar-refractivity contribution in [2.45, 2.75) is 25.7 Å². The summed E-state index contributed by atoms with van der Waals surface area (Å²) in [4.78, 5) is 10.4. The molecule has 0 aliphatic heterocycles. The summed E-state index contributed by atoms with van der Waals surface area (Å²) in [6.07, 6.45) is 3.37. The molecule has 0 aromatic rings. The summed E-state index contributed by atoms with van der Waals surface area (Å²) in [6, 6.07) is 0. The van der Waals surface area contributed by atoms with Crippen molar-refractivity contribution >= 4 is 21.8 Å². The first kappa shape index (κ1) is 9.91. The van der Waals surface area contributed by atoms with Crippen molar-refractivity contribution in [3.8, 4) is 0 Å². The van der Waals surface area contributed by atoms with Crippen LogP contribution < -0.4 is 5.48 Å². The van der Waals surface area contributed by atoms with Crippen LogP contribution in [0.15, 0.2) is 0 Å². The average molecular weight is 210 g/mol. The number of carbonyl (C=O) groups is 1. The smallest absolute Gasteiger partial charge is 0.243 e. The molecule has 60 valence electrons. The maximum atomic E-state index is 10.4. The minimum Gasteiger partial charge on any atom is -0.289 e. The summed E-state index contributed by atoms with van der Waals surface area (Å²) in [5.74, 6) is -0.297. The van der Waals surface area contributed by atoms with Crippen LogP contribution in [0.5, 0.6) is 0 Å². The van der Waals surface area contributed by atoms with Crippen molar-refractivity contribution < 1.29 is 10.0 Å². The highest BCUT2D eigenvalue weighted by atomic mass is 79.9. The summed E-state index contributed by atoms with van der Waals surface area (Å²) in [5.41, 5.74) is 1.59. The molecule has 0 aliphatic carbocycles. The van der Waals surface area contributed by atoms with E-state index in [1.54, 1.807) is 5.48 Å². The van der Waals surface area contributed by atoms with Crippen LogP contribution in [0.4, 0.5) is 0 Å². The minimum atomic E-state index is -0.297. The van der Waals surface area contributed by atoms with E-state index in [4.69, 9.17) is 5.21 Å². The number of halogens is 1. The Morgan fingerprint density at radius 3 is 2.60 bits per heavy atom. The summed E-state index contributed by atoms with van der Waals surface area (Å²) in [5, 5.41) is 9.06. The Morgan fingerprint density at radius 1 is 1.40 bits per heavy atom. The topological polar surface area (TPSA) is 49.3 Å². The van der Waals surface area contributed by atoms with E-state index in [0.717, 1.165) is 24.6 Å². The molecule has 0 rings (SSSR count). The second kappa shape index (κ2) is 7.02. The van der Waals surface area contributed by atoms with Gasteiger partial charge in [-0.05, 0) is 12.8 Å². The van der Waals surface area contributed by atoms with E-state index in [0.29, 0.717) is 6.42 Å². The van der Waals surface area contributed by atoms with Crippen LogP contribution >= 0.6 is 15.9 Å². The standard InChI is InChI=1S/C6H12BrNO2/c7-5-3-1-2-4-6(9)8-10/h10H,1-5H2,(H,8,9). The first-order valence-corrected chi connectivity index (χ1v) is 4.42. The quantitative estimate of drug-likeness (QED) is 0.312. The van der Waals surface area contributed by atoms with E-state index in [1.807, 2.05) is 0 Å². The van der Waals surface area contributed by atoms with Crippen LogP contribution in [-0.2, 0) is 4.79 Å².